The molecule has 1 aromatic carbocycles. The molecule has 1 aliphatic rings. The van der Waals surface area contributed by atoms with E-state index in [0.717, 1.165) is 16.7 Å². The fourth-order valence-electron chi connectivity index (χ4n) is 3.21. The highest BCUT2D eigenvalue weighted by molar-refractivity contribution is 5.76. The number of hydrogen-bond acceptors (Lipinski definition) is 3. The van der Waals surface area contributed by atoms with Gasteiger partial charge in [-0.15, -0.1) is 0 Å². The highest BCUT2D eigenvalue weighted by Gasteiger charge is 2.31. The summed E-state index contributed by atoms with van der Waals surface area (Å²) >= 11 is 0. The summed E-state index contributed by atoms with van der Waals surface area (Å²) in [5.41, 5.74) is 3.02. The molecule has 3 rings (SSSR count). The summed E-state index contributed by atoms with van der Waals surface area (Å²) in [6, 6.07) is 11.5. The molecule has 1 aromatic heterocycles. The van der Waals surface area contributed by atoms with Crippen molar-refractivity contribution in [3.63, 3.8) is 0 Å². The first-order valence-corrected chi connectivity index (χ1v) is 8.59. The average Bonchev–Trinajstić information content (AvgIpc) is 2.58. The second kappa shape index (κ2) is 7.23. The largest absolute Gasteiger partial charge is 0.370 e. The zero-order valence-corrected chi connectivity index (χ0v) is 14.9. The van der Waals surface area contributed by atoms with E-state index in [1.54, 1.807) is 12.3 Å². The molecule has 0 bridgehead atoms. The quantitative estimate of drug-likeness (QED) is 0.862. The van der Waals surface area contributed by atoms with Gasteiger partial charge in [0.1, 0.15) is 12.6 Å². The monoisotopic (exact) mass is 340 g/mol. The highest BCUT2D eigenvalue weighted by Crippen LogP contribution is 2.27. The molecule has 0 radical (unpaired) electrons. The van der Waals surface area contributed by atoms with Crippen LogP contribution in [0.5, 0.6) is 0 Å². The van der Waals surface area contributed by atoms with E-state index < -0.39 is 0 Å². The fourth-order valence-corrected chi connectivity index (χ4v) is 3.21. The number of morpholine rings is 1. The van der Waals surface area contributed by atoms with Crippen LogP contribution in [0, 0.1) is 13.8 Å². The first-order valence-electron chi connectivity index (χ1n) is 8.59. The molecule has 25 heavy (non-hydrogen) atoms. The topological polar surface area (TPSA) is 51.5 Å². The summed E-state index contributed by atoms with van der Waals surface area (Å²) in [6.07, 6.45) is 1.55. The van der Waals surface area contributed by atoms with Gasteiger partial charge in [-0.25, -0.2) is 0 Å². The number of ether oxygens (including phenoxy) is 1. The van der Waals surface area contributed by atoms with Crippen LogP contribution in [-0.2, 0) is 16.1 Å². The van der Waals surface area contributed by atoms with Crippen molar-refractivity contribution < 1.29 is 9.53 Å². The molecule has 0 spiro atoms. The van der Waals surface area contributed by atoms with E-state index in [4.69, 9.17) is 4.74 Å². The van der Waals surface area contributed by atoms with Crippen LogP contribution in [-0.4, -0.2) is 34.6 Å². The first-order chi connectivity index (χ1) is 12.0. The molecule has 0 saturated carbocycles. The van der Waals surface area contributed by atoms with Gasteiger partial charge < -0.3 is 14.2 Å². The Labute approximate surface area is 147 Å². The maximum atomic E-state index is 12.8. The number of pyridine rings is 1. The number of rotatable bonds is 3. The molecule has 5 nitrogen and oxygen atoms in total. The van der Waals surface area contributed by atoms with Crippen molar-refractivity contribution in [2.24, 2.45) is 0 Å². The van der Waals surface area contributed by atoms with Crippen LogP contribution in [0.3, 0.4) is 0 Å². The Morgan fingerprint density at radius 1 is 1.24 bits per heavy atom. The predicted molar refractivity (Wildman–Crippen MR) is 96.5 cm³/mol. The van der Waals surface area contributed by atoms with Gasteiger partial charge in [0.2, 0.25) is 5.91 Å². The molecule has 1 saturated heterocycles. The van der Waals surface area contributed by atoms with Gasteiger partial charge in [0.15, 0.2) is 0 Å². The Morgan fingerprint density at radius 2 is 2.00 bits per heavy atom. The number of aromatic nitrogens is 1. The zero-order valence-electron chi connectivity index (χ0n) is 14.9. The van der Waals surface area contributed by atoms with E-state index in [9.17, 15) is 9.59 Å². The molecular weight excluding hydrogens is 316 g/mol. The van der Waals surface area contributed by atoms with E-state index in [1.807, 2.05) is 43.0 Å². The molecule has 2 heterocycles. The molecule has 5 heteroatoms. The lowest BCUT2D eigenvalue weighted by Crippen LogP contribution is -2.50. The number of amides is 1. The van der Waals surface area contributed by atoms with Crippen molar-refractivity contribution in [3.8, 4) is 0 Å². The SMILES string of the molecule is Cc1ccn(CC(=O)N2C[C@@H](c3ccccc3C)OC[C@H]2C)c(=O)c1. The van der Waals surface area contributed by atoms with Gasteiger partial charge in [0.05, 0.1) is 19.2 Å². The van der Waals surface area contributed by atoms with Crippen molar-refractivity contribution in [1.29, 1.82) is 0 Å². The minimum Gasteiger partial charge on any atom is -0.370 e. The Balaban J connectivity index is 1.76. The van der Waals surface area contributed by atoms with Crippen LogP contribution in [0.4, 0.5) is 0 Å². The van der Waals surface area contributed by atoms with Crippen LogP contribution < -0.4 is 5.56 Å². The number of carbonyl (C=O) groups is 1. The third kappa shape index (κ3) is 3.82. The highest BCUT2D eigenvalue weighted by atomic mass is 16.5. The zero-order chi connectivity index (χ0) is 18.0. The van der Waals surface area contributed by atoms with Gasteiger partial charge >= 0.3 is 0 Å². The summed E-state index contributed by atoms with van der Waals surface area (Å²) < 4.78 is 7.42. The van der Waals surface area contributed by atoms with Crippen LogP contribution in [0.15, 0.2) is 47.4 Å². The third-order valence-corrected chi connectivity index (χ3v) is 4.75. The molecule has 2 atom stereocenters. The number of nitrogens with zero attached hydrogens (tertiary/aromatic N) is 2. The number of aryl methyl sites for hydroxylation is 2. The minimum atomic E-state index is -0.148. The van der Waals surface area contributed by atoms with Gasteiger partial charge in [-0.3, -0.25) is 9.59 Å². The summed E-state index contributed by atoms with van der Waals surface area (Å²) in [4.78, 5) is 26.7. The van der Waals surface area contributed by atoms with Crippen molar-refractivity contribution in [3.05, 3.63) is 69.6 Å². The summed E-state index contributed by atoms with van der Waals surface area (Å²) in [6.45, 7) is 6.95. The van der Waals surface area contributed by atoms with E-state index in [-0.39, 0.29) is 30.2 Å². The standard InChI is InChI=1S/C20H24N2O3/c1-14-8-9-21(19(23)10-14)12-20(24)22-11-18(25-13-16(22)3)17-7-5-4-6-15(17)2/h4-10,16,18H,11-13H2,1-3H3/t16-,18+/m1/s1. The van der Waals surface area contributed by atoms with E-state index >= 15 is 0 Å². The number of hydrogen-bond donors (Lipinski definition) is 0. The van der Waals surface area contributed by atoms with Crippen molar-refractivity contribution in [1.82, 2.24) is 9.47 Å². The second-order valence-corrected chi connectivity index (χ2v) is 6.74. The normalized spacial score (nSPS) is 20.5. The van der Waals surface area contributed by atoms with Crippen LogP contribution in [0.1, 0.15) is 29.7 Å². The molecular formula is C20H24N2O3. The van der Waals surface area contributed by atoms with Crippen molar-refractivity contribution in [2.45, 2.75) is 39.5 Å². The number of carbonyl (C=O) groups excluding carboxylic acids is 1. The Hall–Kier alpha value is -2.40. The first kappa shape index (κ1) is 17.4. The van der Waals surface area contributed by atoms with Crippen molar-refractivity contribution in [2.75, 3.05) is 13.2 Å². The molecule has 0 unspecified atom stereocenters. The van der Waals surface area contributed by atoms with Gasteiger partial charge in [-0.1, -0.05) is 24.3 Å². The predicted octanol–water partition coefficient (Wildman–Crippen LogP) is 2.45. The number of benzene rings is 1. The Bertz CT molecular complexity index is 828. The molecule has 132 valence electrons. The Kier molecular flexibility index (Phi) is 5.04. The summed E-state index contributed by atoms with van der Waals surface area (Å²) in [5.74, 6) is -0.0552. The van der Waals surface area contributed by atoms with E-state index in [1.165, 1.54) is 4.57 Å². The fraction of sp³-hybridized carbons (Fsp3) is 0.400. The molecule has 0 N–H and O–H groups in total. The van der Waals surface area contributed by atoms with Crippen LogP contribution in [0.2, 0.25) is 0 Å². The molecule has 1 fully saturated rings. The van der Waals surface area contributed by atoms with Crippen LogP contribution >= 0.6 is 0 Å². The van der Waals surface area contributed by atoms with Crippen LogP contribution in [0.25, 0.3) is 0 Å². The second-order valence-electron chi connectivity index (χ2n) is 6.74. The van der Waals surface area contributed by atoms with E-state index in [0.29, 0.717) is 13.2 Å². The van der Waals surface area contributed by atoms with Crippen molar-refractivity contribution >= 4 is 5.91 Å². The summed E-state index contributed by atoms with van der Waals surface area (Å²) in [7, 11) is 0. The van der Waals surface area contributed by atoms with E-state index in [2.05, 4.69) is 13.0 Å². The van der Waals surface area contributed by atoms with Gasteiger partial charge in [0.25, 0.3) is 5.56 Å². The maximum Gasteiger partial charge on any atom is 0.251 e. The lowest BCUT2D eigenvalue weighted by molar-refractivity contribution is -0.145. The van der Waals surface area contributed by atoms with Gasteiger partial charge in [-0.2, -0.15) is 0 Å². The third-order valence-electron chi connectivity index (χ3n) is 4.75. The Morgan fingerprint density at radius 3 is 2.72 bits per heavy atom. The molecule has 0 aliphatic carbocycles. The summed E-state index contributed by atoms with van der Waals surface area (Å²) in [5, 5.41) is 0. The van der Waals surface area contributed by atoms with Gasteiger partial charge in [0, 0.05) is 12.3 Å². The molecule has 1 amide bonds. The molecule has 2 aromatic rings. The smallest absolute Gasteiger partial charge is 0.251 e. The molecule has 1 aliphatic heterocycles. The lowest BCUT2D eigenvalue weighted by Gasteiger charge is -2.38. The minimum absolute atomic E-state index is 0.00563. The average molecular weight is 340 g/mol. The lowest BCUT2D eigenvalue weighted by atomic mass is 10.0. The van der Waals surface area contributed by atoms with Gasteiger partial charge in [-0.05, 0) is 43.5 Å². The maximum absolute atomic E-state index is 12.8.